The standard InChI is InChI=1S/C11H7Cl2N3/c1-7-8(5-14)6-16(15-7)11-3-9(12)2-10(13)4-11/h2-4,6H,1H3. The molecule has 0 unspecified atom stereocenters. The van der Waals surface area contributed by atoms with Crippen molar-refractivity contribution in [1.82, 2.24) is 9.78 Å². The molecular weight excluding hydrogens is 245 g/mol. The number of hydrogen-bond acceptors (Lipinski definition) is 2. The van der Waals surface area contributed by atoms with Gasteiger partial charge in [-0.1, -0.05) is 23.2 Å². The average Bonchev–Trinajstić information content (AvgIpc) is 2.58. The zero-order chi connectivity index (χ0) is 11.7. The summed E-state index contributed by atoms with van der Waals surface area (Å²) in [5.41, 5.74) is 1.96. The van der Waals surface area contributed by atoms with E-state index in [4.69, 9.17) is 28.5 Å². The van der Waals surface area contributed by atoms with Crippen molar-refractivity contribution in [2.45, 2.75) is 6.92 Å². The molecule has 2 rings (SSSR count). The largest absolute Gasteiger partial charge is 0.239 e. The van der Waals surface area contributed by atoms with Gasteiger partial charge in [0.25, 0.3) is 0 Å². The summed E-state index contributed by atoms with van der Waals surface area (Å²) < 4.78 is 1.59. The Balaban J connectivity index is 2.55. The number of benzene rings is 1. The fourth-order valence-electron chi connectivity index (χ4n) is 1.37. The molecule has 0 bridgehead atoms. The van der Waals surface area contributed by atoms with Gasteiger partial charge in [-0.15, -0.1) is 0 Å². The van der Waals surface area contributed by atoms with Gasteiger partial charge in [0, 0.05) is 16.2 Å². The van der Waals surface area contributed by atoms with Gasteiger partial charge in [0.15, 0.2) is 0 Å². The van der Waals surface area contributed by atoms with Crippen LogP contribution in [0.25, 0.3) is 5.69 Å². The quantitative estimate of drug-likeness (QED) is 0.780. The SMILES string of the molecule is Cc1nn(-c2cc(Cl)cc(Cl)c2)cc1C#N. The van der Waals surface area contributed by atoms with Crippen molar-refractivity contribution in [3.63, 3.8) is 0 Å². The van der Waals surface area contributed by atoms with Crippen molar-refractivity contribution in [3.8, 4) is 11.8 Å². The molecule has 0 aliphatic carbocycles. The van der Waals surface area contributed by atoms with E-state index in [1.165, 1.54) is 0 Å². The van der Waals surface area contributed by atoms with E-state index in [1.54, 1.807) is 36.0 Å². The fraction of sp³-hybridized carbons (Fsp3) is 0.0909. The topological polar surface area (TPSA) is 41.6 Å². The van der Waals surface area contributed by atoms with Crippen LogP contribution in [0.3, 0.4) is 0 Å². The monoisotopic (exact) mass is 251 g/mol. The van der Waals surface area contributed by atoms with Crippen molar-refractivity contribution in [1.29, 1.82) is 5.26 Å². The van der Waals surface area contributed by atoms with Gasteiger partial charge in [-0.25, -0.2) is 4.68 Å². The van der Waals surface area contributed by atoms with Gasteiger partial charge in [0.1, 0.15) is 6.07 Å². The lowest BCUT2D eigenvalue weighted by molar-refractivity contribution is 0.863. The van der Waals surface area contributed by atoms with Gasteiger partial charge in [-0.3, -0.25) is 0 Å². The highest BCUT2D eigenvalue weighted by Gasteiger charge is 2.06. The lowest BCUT2D eigenvalue weighted by atomic mass is 10.3. The molecule has 0 saturated carbocycles. The zero-order valence-corrected chi connectivity index (χ0v) is 9.92. The first-order valence-corrected chi connectivity index (χ1v) is 5.28. The molecular formula is C11H7Cl2N3. The molecule has 0 spiro atoms. The van der Waals surface area contributed by atoms with Crippen LogP contribution >= 0.6 is 23.2 Å². The first-order valence-electron chi connectivity index (χ1n) is 4.53. The highest BCUT2D eigenvalue weighted by Crippen LogP contribution is 2.22. The van der Waals surface area contributed by atoms with Gasteiger partial charge in [-0.05, 0) is 25.1 Å². The minimum absolute atomic E-state index is 0.536. The predicted octanol–water partition coefficient (Wildman–Crippen LogP) is 3.36. The predicted molar refractivity (Wildman–Crippen MR) is 63.0 cm³/mol. The molecule has 1 aromatic carbocycles. The molecule has 0 saturated heterocycles. The molecule has 1 heterocycles. The third-order valence-electron chi connectivity index (χ3n) is 2.13. The van der Waals surface area contributed by atoms with Crippen LogP contribution in [0, 0.1) is 18.3 Å². The molecule has 0 N–H and O–H groups in total. The maximum atomic E-state index is 8.83. The van der Waals surface area contributed by atoms with E-state index in [0.717, 1.165) is 5.69 Å². The maximum Gasteiger partial charge on any atom is 0.103 e. The van der Waals surface area contributed by atoms with Crippen molar-refractivity contribution >= 4 is 23.2 Å². The molecule has 0 aliphatic heterocycles. The summed E-state index contributed by atoms with van der Waals surface area (Å²) >= 11 is 11.8. The highest BCUT2D eigenvalue weighted by atomic mass is 35.5. The normalized spacial score (nSPS) is 10.1. The van der Waals surface area contributed by atoms with Crippen LogP contribution < -0.4 is 0 Å². The van der Waals surface area contributed by atoms with E-state index in [9.17, 15) is 0 Å². The Labute approximate surface area is 103 Å². The van der Waals surface area contributed by atoms with Crippen molar-refractivity contribution in [2.75, 3.05) is 0 Å². The summed E-state index contributed by atoms with van der Waals surface area (Å²) in [7, 11) is 0. The van der Waals surface area contributed by atoms with Crippen LogP contribution in [0.15, 0.2) is 24.4 Å². The molecule has 0 atom stereocenters. The Bertz CT molecular complexity index is 561. The Morgan fingerprint density at radius 2 is 1.88 bits per heavy atom. The molecule has 1 aromatic heterocycles. The van der Waals surface area contributed by atoms with E-state index in [0.29, 0.717) is 21.3 Å². The van der Waals surface area contributed by atoms with Crippen LogP contribution in [-0.4, -0.2) is 9.78 Å². The molecule has 0 aliphatic rings. The van der Waals surface area contributed by atoms with Crippen LogP contribution in [0.5, 0.6) is 0 Å². The van der Waals surface area contributed by atoms with Crippen LogP contribution in [-0.2, 0) is 0 Å². The minimum Gasteiger partial charge on any atom is -0.239 e. The maximum absolute atomic E-state index is 8.83. The number of rotatable bonds is 1. The van der Waals surface area contributed by atoms with Crippen LogP contribution in [0.4, 0.5) is 0 Å². The van der Waals surface area contributed by atoms with Crippen molar-refractivity contribution in [3.05, 3.63) is 45.7 Å². The van der Waals surface area contributed by atoms with Crippen molar-refractivity contribution in [2.24, 2.45) is 0 Å². The second-order valence-electron chi connectivity index (χ2n) is 3.31. The number of halogens is 2. The number of hydrogen-bond donors (Lipinski definition) is 0. The molecule has 80 valence electrons. The van der Waals surface area contributed by atoms with E-state index < -0.39 is 0 Å². The van der Waals surface area contributed by atoms with Gasteiger partial charge in [0.2, 0.25) is 0 Å². The lowest BCUT2D eigenvalue weighted by Gasteiger charge is -2.02. The molecule has 3 nitrogen and oxygen atoms in total. The van der Waals surface area contributed by atoms with E-state index in [2.05, 4.69) is 11.2 Å². The van der Waals surface area contributed by atoms with Crippen molar-refractivity contribution < 1.29 is 0 Å². The third-order valence-corrected chi connectivity index (χ3v) is 2.57. The van der Waals surface area contributed by atoms with Gasteiger partial charge >= 0.3 is 0 Å². The summed E-state index contributed by atoms with van der Waals surface area (Å²) in [6.45, 7) is 1.78. The van der Waals surface area contributed by atoms with Gasteiger partial charge < -0.3 is 0 Å². The first kappa shape index (κ1) is 11.0. The van der Waals surface area contributed by atoms with E-state index in [-0.39, 0.29) is 0 Å². The van der Waals surface area contributed by atoms with Crippen LogP contribution in [0.2, 0.25) is 10.0 Å². The Morgan fingerprint density at radius 1 is 1.25 bits per heavy atom. The molecule has 0 fully saturated rings. The lowest BCUT2D eigenvalue weighted by Crippen LogP contribution is -1.94. The van der Waals surface area contributed by atoms with E-state index in [1.807, 2.05) is 0 Å². The zero-order valence-electron chi connectivity index (χ0n) is 8.41. The average molecular weight is 252 g/mol. The fourth-order valence-corrected chi connectivity index (χ4v) is 1.89. The summed E-state index contributed by atoms with van der Waals surface area (Å²) in [5.74, 6) is 0. The van der Waals surface area contributed by atoms with Crippen LogP contribution in [0.1, 0.15) is 11.3 Å². The number of nitriles is 1. The van der Waals surface area contributed by atoms with E-state index >= 15 is 0 Å². The molecule has 5 heteroatoms. The summed E-state index contributed by atoms with van der Waals surface area (Å²) in [6, 6.07) is 7.19. The number of aryl methyl sites for hydroxylation is 1. The Kier molecular flexibility index (Phi) is 2.86. The Hall–Kier alpha value is -1.50. The Morgan fingerprint density at radius 3 is 2.38 bits per heavy atom. The molecule has 16 heavy (non-hydrogen) atoms. The third kappa shape index (κ3) is 2.04. The number of aromatic nitrogens is 2. The smallest absolute Gasteiger partial charge is 0.103 e. The second kappa shape index (κ2) is 4.17. The summed E-state index contributed by atoms with van der Waals surface area (Å²) in [5, 5.41) is 14.1. The highest BCUT2D eigenvalue weighted by molar-refractivity contribution is 6.34. The number of nitrogens with zero attached hydrogens (tertiary/aromatic N) is 3. The minimum atomic E-state index is 0.536. The molecule has 2 aromatic rings. The second-order valence-corrected chi connectivity index (χ2v) is 4.19. The molecule has 0 amide bonds. The molecule has 0 radical (unpaired) electrons. The summed E-state index contributed by atoms with van der Waals surface area (Å²) in [6.07, 6.45) is 1.65. The van der Waals surface area contributed by atoms with Gasteiger partial charge in [0.05, 0.1) is 16.9 Å². The first-order chi connectivity index (χ1) is 7.60. The van der Waals surface area contributed by atoms with Gasteiger partial charge in [-0.2, -0.15) is 10.4 Å². The summed E-state index contributed by atoms with van der Waals surface area (Å²) in [4.78, 5) is 0.